The van der Waals surface area contributed by atoms with Crippen LogP contribution in [-0.2, 0) is 4.74 Å². The summed E-state index contributed by atoms with van der Waals surface area (Å²) in [5.74, 6) is 0.840. The van der Waals surface area contributed by atoms with E-state index in [9.17, 15) is 0 Å². The zero-order valence-corrected chi connectivity index (χ0v) is 12.2. The molecule has 5 heteroatoms. The largest absolute Gasteiger partial charge is 0.383 e. The molecule has 0 aromatic carbocycles. The van der Waals surface area contributed by atoms with Gasteiger partial charge in [0.25, 0.3) is 0 Å². The smallest absolute Gasteiger partial charge is 0.126 e. The molecule has 1 unspecified atom stereocenters. The van der Waals surface area contributed by atoms with Crippen LogP contribution in [0.25, 0.3) is 16.8 Å². The van der Waals surface area contributed by atoms with Crippen molar-refractivity contribution in [1.29, 1.82) is 0 Å². The molecule has 3 aromatic heterocycles. The van der Waals surface area contributed by atoms with Gasteiger partial charge in [0.2, 0.25) is 0 Å². The van der Waals surface area contributed by atoms with Crippen LogP contribution >= 0.6 is 0 Å². The van der Waals surface area contributed by atoms with E-state index in [2.05, 4.69) is 22.3 Å². The maximum Gasteiger partial charge on any atom is 0.126 e. The first-order valence-corrected chi connectivity index (χ1v) is 6.93. The van der Waals surface area contributed by atoms with E-state index in [-0.39, 0.29) is 6.04 Å². The van der Waals surface area contributed by atoms with Gasteiger partial charge in [-0.25, -0.2) is 9.50 Å². The van der Waals surface area contributed by atoms with Crippen LogP contribution in [0.2, 0.25) is 0 Å². The summed E-state index contributed by atoms with van der Waals surface area (Å²) in [6.45, 7) is 2.70. The molecule has 3 heterocycles. The van der Waals surface area contributed by atoms with Gasteiger partial charge in [-0.1, -0.05) is 12.1 Å². The summed E-state index contributed by atoms with van der Waals surface area (Å²) in [5, 5.41) is 7.68. The summed E-state index contributed by atoms with van der Waals surface area (Å²) >= 11 is 0. The maximum absolute atomic E-state index is 5.13. The van der Waals surface area contributed by atoms with Crippen molar-refractivity contribution in [3.8, 4) is 11.3 Å². The first-order valence-electron chi connectivity index (χ1n) is 6.93. The molecule has 0 saturated carbocycles. The Bertz CT molecular complexity index is 738. The lowest BCUT2D eigenvalue weighted by Gasteiger charge is -2.13. The van der Waals surface area contributed by atoms with Crippen LogP contribution in [0.1, 0.15) is 6.92 Å². The molecule has 0 fully saturated rings. The van der Waals surface area contributed by atoms with Crippen LogP contribution in [0.15, 0.2) is 48.8 Å². The van der Waals surface area contributed by atoms with Gasteiger partial charge in [-0.3, -0.25) is 0 Å². The number of nitrogens with one attached hydrogen (secondary N) is 1. The molecular weight excluding hydrogens is 264 g/mol. The first kappa shape index (κ1) is 13.6. The van der Waals surface area contributed by atoms with Crippen molar-refractivity contribution in [1.82, 2.24) is 14.6 Å². The molecule has 0 aliphatic rings. The second-order valence-electron chi connectivity index (χ2n) is 5.00. The number of pyridine rings is 2. The summed E-state index contributed by atoms with van der Waals surface area (Å²) in [5.41, 5.74) is 2.98. The fourth-order valence-electron chi connectivity index (χ4n) is 2.34. The molecule has 0 aliphatic heterocycles. The number of hydrogen-bond acceptors (Lipinski definition) is 4. The fourth-order valence-corrected chi connectivity index (χ4v) is 2.34. The second kappa shape index (κ2) is 5.93. The molecule has 1 N–H and O–H groups in total. The predicted molar refractivity (Wildman–Crippen MR) is 83.4 cm³/mol. The van der Waals surface area contributed by atoms with Crippen molar-refractivity contribution in [2.75, 3.05) is 19.0 Å². The number of nitrogens with zero attached hydrogens (tertiary/aromatic N) is 3. The SMILES string of the molecule is COCC(C)Nc1cccc(-c2cnn3ccccc23)n1. The van der Waals surface area contributed by atoms with Gasteiger partial charge in [-0.15, -0.1) is 0 Å². The lowest BCUT2D eigenvalue weighted by molar-refractivity contribution is 0.190. The first-order chi connectivity index (χ1) is 10.3. The number of methoxy groups -OCH3 is 1. The Morgan fingerprint density at radius 2 is 2.14 bits per heavy atom. The normalized spacial score (nSPS) is 12.5. The van der Waals surface area contributed by atoms with Crippen molar-refractivity contribution < 1.29 is 4.74 Å². The average molecular weight is 282 g/mol. The number of anilines is 1. The quantitative estimate of drug-likeness (QED) is 0.782. The molecule has 3 aromatic rings. The van der Waals surface area contributed by atoms with E-state index >= 15 is 0 Å². The summed E-state index contributed by atoms with van der Waals surface area (Å²) < 4.78 is 6.98. The number of aromatic nitrogens is 3. The molecule has 3 rings (SSSR count). The Morgan fingerprint density at radius 1 is 1.24 bits per heavy atom. The third-order valence-corrected chi connectivity index (χ3v) is 3.26. The number of rotatable bonds is 5. The van der Waals surface area contributed by atoms with E-state index in [1.54, 1.807) is 7.11 Å². The van der Waals surface area contributed by atoms with Crippen molar-refractivity contribution in [3.05, 3.63) is 48.8 Å². The van der Waals surface area contributed by atoms with Gasteiger partial charge in [0.05, 0.1) is 24.0 Å². The zero-order valence-electron chi connectivity index (χ0n) is 12.2. The highest BCUT2D eigenvalue weighted by molar-refractivity contribution is 5.78. The average Bonchev–Trinajstić information content (AvgIpc) is 2.91. The van der Waals surface area contributed by atoms with Gasteiger partial charge in [0.1, 0.15) is 5.82 Å². The van der Waals surface area contributed by atoms with Crippen molar-refractivity contribution in [2.24, 2.45) is 0 Å². The predicted octanol–water partition coefficient (Wildman–Crippen LogP) is 2.84. The van der Waals surface area contributed by atoms with E-state index in [4.69, 9.17) is 4.74 Å². The van der Waals surface area contributed by atoms with E-state index < -0.39 is 0 Å². The number of hydrogen-bond donors (Lipinski definition) is 1. The molecule has 5 nitrogen and oxygen atoms in total. The molecule has 1 atom stereocenters. The van der Waals surface area contributed by atoms with Gasteiger partial charge in [0.15, 0.2) is 0 Å². The lowest BCUT2D eigenvalue weighted by atomic mass is 10.2. The minimum absolute atomic E-state index is 0.210. The molecule has 0 saturated heterocycles. The Balaban J connectivity index is 1.92. The molecule has 0 bridgehead atoms. The van der Waals surface area contributed by atoms with Crippen molar-refractivity contribution >= 4 is 11.3 Å². The highest BCUT2D eigenvalue weighted by atomic mass is 16.5. The summed E-state index contributed by atoms with van der Waals surface area (Å²) in [7, 11) is 1.70. The Kier molecular flexibility index (Phi) is 3.83. The van der Waals surface area contributed by atoms with Gasteiger partial charge < -0.3 is 10.1 Å². The molecule has 108 valence electrons. The Labute approximate surface area is 123 Å². The summed E-state index contributed by atoms with van der Waals surface area (Å²) in [6.07, 6.45) is 3.78. The van der Waals surface area contributed by atoms with Crippen molar-refractivity contribution in [3.63, 3.8) is 0 Å². The molecule has 0 spiro atoms. The standard InChI is InChI=1S/C16H18N4O/c1-12(11-21-2)18-16-8-5-6-14(19-16)13-10-17-20-9-4-3-7-15(13)20/h3-10,12H,11H2,1-2H3,(H,18,19). The van der Waals surface area contributed by atoms with E-state index in [0.717, 1.165) is 22.6 Å². The minimum Gasteiger partial charge on any atom is -0.383 e. The lowest BCUT2D eigenvalue weighted by Crippen LogP contribution is -2.21. The topological polar surface area (TPSA) is 51.5 Å². The number of fused-ring (bicyclic) bond motifs is 1. The molecule has 0 amide bonds. The summed E-state index contributed by atoms with van der Waals surface area (Å²) in [4.78, 5) is 4.67. The second-order valence-corrected chi connectivity index (χ2v) is 5.00. The Morgan fingerprint density at radius 3 is 3.00 bits per heavy atom. The van der Waals surface area contributed by atoms with E-state index in [0.29, 0.717) is 6.61 Å². The third kappa shape index (κ3) is 2.87. The van der Waals surface area contributed by atoms with Gasteiger partial charge in [0, 0.05) is 24.9 Å². The van der Waals surface area contributed by atoms with Gasteiger partial charge >= 0.3 is 0 Å². The van der Waals surface area contributed by atoms with E-state index in [1.165, 1.54) is 0 Å². The molecular formula is C16H18N4O. The van der Waals surface area contributed by atoms with Gasteiger partial charge in [-0.2, -0.15) is 5.10 Å². The van der Waals surface area contributed by atoms with Crippen LogP contribution in [-0.4, -0.2) is 34.4 Å². The van der Waals surface area contributed by atoms with Crippen LogP contribution < -0.4 is 5.32 Å². The fraction of sp³-hybridized carbons (Fsp3) is 0.250. The highest BCUT2D eigenvalue weighted by Crippen LogP contribution is 2.23. The highest BCUT2D eigenvalue weighted by Gasteiger charge is 2.09. The number of ether oxygens (including phenoxy) is 1. The zero-order chi connectivity index (χ0) is 14.7. The molecule has 0 aliphatic carbocycles. The Hall–Kier alpha value is -2.40. The molecule has 21 heavy (non-hydrogen) atoms. The monoisotopic (exact) mass is 282 g/mol. The van der Waals surface area contributed by atoms with E-state index in [1.807, 2.05) is 53.3 Å². The van der Waals surface area contributed by atoms with Crippen LogP contribution in [0.5, 0.6) is 0 Å². The molecule has 0 radical (unpaired) electrons. The summed E-state index contributed by atoms with van der Waals surface area (Å²) in [6, 6.07) is 12.2. The minimum atomic E-state index is 0.210. The van der Waals surface area contributed by atoms with Crippen LogP contribution in [0, 0.1) is 0 Å². The van der Waals surface area contributed by atoms with Crippen molar-refractivity contribution in [2.45, 2.75) is 13.0 Å². The van der Waals surface area contributed by atoms with Crippen LogP contribution in [0.3, 0.4) is 0 Å². The van der Waals surface area contributed by atoms with Gasteiger partial charge in [-0.05, 0) is 31.2 Å². The van der Waals surface area contributed by atoms with Crippen LogP contribution in [0.4, 0.5) is 5.82 Å². The third-order valence-electron chi connectivity index (χ3n) is 3.26. The maximum atomic E-state index is 5.13.